The highest BCUT2D eigenvalue weighted by Gasteiger charge is 2.27. The van der Waals surface area contributed by atoms with Gasteiger partial charge in [-0.25, -0.2) is 8.42 Å². The third-order valence-electron chi connectivity index (χ3n) is 4.83. The van der Waals surface area contributed by atoms with Crippen molar-refractivity contribution in [2.24, 2.45) is 5.92 Å². The number of sulfonamides is 1. The summed E-state index contributed by atoms with van der Waals surface area (Å²) in [7, 11) is -3.92. The van der Waals surface area contributed by atoms with Crippen LogP contribution in [0.2, 0.25) is 0 Å². The van der Waals surface area contributed by atoms with Crippen LogP contribution < -0.4 is 14.9 Å². The Balaban J connectivity index is 1.73. The zero-order valence-electron chi connectivity index (χ0n) is 16.7. The molecule has 1 aromatic carbocycles. The third kappa shape index (κ3) is 4.86. The number of benzene rings is 1. The summed E-state index contributed by atoms with van der Waals surface area (Å²) in [4.78, 5) is 17.7. The van der Waals surface area contributed by atoms with Crippen LogP contribution in [-0.4, -0.2) is 36.7 Å². The Morgan fingerprint density at radius 3 is 2.59 bits per heavy atom. The van der Waals surface area contributed by atoms with Gasteiger partial charge in [0.25, 0.3) is 0 Å². The number of fused-ring (bicyclic) bond motifs is 1. The fraction of sp³-hybridized carbons (Fsp3) is 0.400. The van der Waals surface area contributed by atoms with E-state index in [-0.39, 0.29) is 23.4 Å². The molecule has 0 amide bonds. The maximum Gasteiger partial charge on any atom is 0.321 e. The van der Waals surface area contributed by atoms with Crippen LogP contribution >= 0.6 is 0 Å². The summed E-state index contributed by atoms with van der Waals surface area (Å²) in [6.45, 7) is 6.34. The van der Waals surface area contributed by atoms with Crippen LogP contribution in [-0.2, 0) is 21.4 Å². The van der Waals surface area contributed by atoms with Gasteiger partial charge in [0.15, 0.2) is 0 Å². The van der Waals surface area contributed by atoms with Crippen LogP contribution in [0.4, 0.5) is 11.4 Å². The van der Waals surface area contributed by atoms with Crippen LogP contribution in [0.3, 0.4) is 0 Å². The summed E-state index contributed by atoms with van der Waals surface area (Å²) >= 11 is 0. The molecule has 0 fully saturated rings. The van der Waals surface area contributed by atoms with E-state index in [2.05, 4.69) is 19.9 Å². The van der Waals surface area contributed by atoms with Crippen molar-refractivity contribution in [1.82, 2.24) is 9.71 Å². The molecule has 3 N–H and O–H groups in total. The summed E-state index contributed by atoms with van der Waals surface area (Å²) < 4.78 is 27.5. The molecule has 0 saturated carbocycles. The Kier molecular flexibility index (Phi) is 6.09. The SMILES string of the molecule is CC(C)C[C@H](NS(=O)(=O)c1ccc(CN2c3ccncc3NC2C)cc1)C(=O)O. The Morgan fingerprint density at radius 2 is 1.97 bits per heavy atom. The van der Waals surface area contributed by atoms with Gasteiger partial charge in [0.2, 0.25) is 10.0 Å². The molecule has 0 spiro atoms. The number of hydrogen-bond donors (Lipinski definition) is 3. The topological polar surface area (TPSA) is 112 Å². The smallest absolute Gasteiger partial charge is 0.321 e. The van der Waals surface area contributed by atoms with Gasteiger partial charge in [-0.1, -0.05) is 26.0 Å². The molecule has 0 radical (unpaired) electrons. The van der Waals surface area contributed by atoms with E-state index in [1.165, 1.54) is 12.1 Å². The zero-order chi connectivity index (χ0) is 21.2. The normalized spacial score (nSPS) is 17.1. The molecule has 2 heterocycles. The van der Waals surface area contributed by atoms with Crippen molar-refractivity contribution >= 4 is 27.4 Å². The lowest BCUT2D eigenvalue weighted by Crippen LogP contribution is -2.41. The van der Waals surface area contributed by atoms with E-state index in [9.17, 15) is 18.3 Å². The lowest BCUT2D eigenvalue weighted by Gasteiger charge is -2.24. The average Bonchev–Trinajstić information content (AvgIpc) is 2.96. The molecule has 0 bridgehead atoms. The van der Waals surface area contributed by atoms with Gasteiger partial charge >= 0.3 is 5.97 Å². The first-order valence-corrected chi connectivity index (χ1v) is 11.0. The summed E-state index contributed by atoms with van der Waals surface area (Å²) in [5.41, 5.74) is 2.95. The fourth-order valence-corrected chi connectivity index (χ4v) is 4.58. The van der Waals surface area contributed by atoms with Gasteiger partial charge in [-0.3, -0.25) is 9.78 Å². The first-order chi connectivity index (χ1) is 13.7. The molecule has 2 atom stereocenters. The molecule has 3 rings (SSSR count). The van der Waals surface area contributed by atoms with Gasteiger partial charge in [-0.15, -0.1) is 0 Å². The predicted octanol–water partition coefficient (Wildman–Crippen LogP) is 2.64. The van der Waals surface area contributed by atoms with Crippen LogP contribution in [0.5, 0.6) is 0 Å². The minimum absolute atomic E-state index is 0.0495. The van der Waals surface area contributed by atoms with E-state index in [0.29, 0.717) is 6.54 Å². The van der Waals surface area contributed by atoms with E-state index in [4.69, 9.17) is 0 Å². The highest BCUT2D eigenvalue weighted by molar-refractivity contribution is 7.89. The van der Waals surface area contributed by atoms with Gasteiger partial charge < -0.3 is 15.3 Å². The number of hydrogen-bond acceptors (Lipinski definition) is 6. The average molecular weight is 419 g/mol. The van der Waals surface area contributed by atoms with Crippen molar-refractivity contribution in [2.45, 2.75) is 50.8 Å². The van der Waals surface area contributed by atoms with Crippen molar-refractivity contribution in [3.8, 4) is 0 Å². The van der Waals surface area contributed by atoms with Crippen molar-refractivity contribution < 1.29 is 18.3 Å². The number of carboxylic acids is 1. The second kappa shape index (κ2) is 8.38. The molecule has 1 unspecified atom stereocenters. The number of aliphatic carboxylic acids is 1. The van der Waals surface area contributed by atoms with E-state index < -0.39 is 22.0 Å². The zero-order valence-corrected chi connectivity index (χ0v) is 17.5. The van der Waals surface area contributed by atoms with E-state index in [1.54, 1.807) is 24.5 Å². The number of carboxylic acid groups (broad SMARTS) is 1. The fourth-order valence-electron chi connectivity index (χ4n) is 3.38. The van der Waals surface area contributed by atoms with Gasteiger partial charge in [-0.2, -0.15) is 4.72 Å². The molecular formula is C20H26N4O4S. The number of nitrogens with zero attached hydrogens (tertiary/aromatic N) is 2. The Hall–Kier alpha value is -2.65. The van der Waals surface area contributed by atoms with Crippen molar-refractivity contribution in [3.63, 3.8) is 0 Å². The molecule has 1 aromatic heterocycles. The van der Waals surface area contributed by atoms with Crippen LogP contribution in [0.25, 0.3) is 0 Å². The van der Waals surface area contributed by atoms with Crippen molar-refractivity contribution in [1.29, 1.82) is 0 Å². The predicted molar refractivity (Wildman–Crippen MR) is 111 cm³/mol. The molecule has 1 aliphatic heterocycles. The Morgan fingerprint density at radius 1 is 1.28 bits per heavy atom. The van der Waals surface area contributed by atoms with Gasteiger partial charge in [-0.05, 0) is 43.0 Å². The lowest BCUT2D eigenvalue weighted by molar-refractivity contribution is -0.139. The van der Waals surface area contributed by atoms with E-state index in [0.717, 1.165) is 16.9 Å². The van der Waals surface area contributed by atoms with Crippen LogP contribution in [0.1, 0.15) is 32.8 Å². The van der Waals surface area contributed by atoms with Crippen LogP contribution in [0, 0.1) is 5.92 Å². The molecule has 1 aliphatic rings. The van der Waals surface area contributed by atoms with E-state index >= 15 is 0 Å². The van der Waals surface area contributed by atoms with Gasteiger partial charge in [0.1, 0.15) is 6.04 Å². The van der Waals surface area contributed by atoms with Crippen molar-refractivity contribution in [3.05, 3.63) is 48.3 Å². The van der Waals surface area contributed by atoms with Gasteiger partial charge in [0, 0.05) is 12.7 Å². The molecule has 156 valence electrons. The first kappa shape index (κ1) is 21.1. The number of nitrogens with one attached hydrogen (secondary N) is 2. The summed E-state index contributed by atoms with van der Waals surface area (Å²) in [6.07, 6.45) is 3.83. The summed E-state index contributed by atoms with van der Waals surface area (Å²) in [6, 6.07) is 7.30. The molecule has 0 aliphatic carbocycles. The molecule has 29 heavy (non-hydrogen) atoms. The number of aromatic nitrogens is 1. The number of anilines is 2. The van der Waals surface area contributed by atoms with Crippen molar-refractivity contribution in [2.75, 3.05) is 10.2 Å². The minimum atomic E-state index is -3.92. The lowest BCUT2D eigenvalue weighted by atomic mass is 10.1. The minimum Gasteiger partial charge on any atom is -0.480 e. The molecule has 8 nitrogen and oxygen atoms in total. The van der Waals surface area contributed by atoms with Crippen LogP contribution in [0.15, 0.2) is 47.6 Å². The Labute approximate surface area is 171 Å². The maximum absolute atomic E-state index is 12.6. The highest BCUT2D eigenvalue weighted by atomic mass is 32.2. The second-order valence-corrected chi connectivity index (χ2v) is 9.34. The standard InChI is InChI=1S/C20H26N4O4S/c1-13(2)10-17(20(25)26)23-29(27,28)16-6-4-15(5-7-16)12-24-14(3)22-18-11-21-9-8-19(18)24/h4-9,11,13-14,17,22-23H,10,12H2,1-3H3,(H,25,26)/t14?,17-/m0/s1. The quantitative estimate of drug-likeness (QED) is 0.604. The largest absolute Gasteiger partial charge is 0.480 e. The van der Waals surface area contributed by atoms with Gasteiger partial charge in [0.05, 0.1) is 28.6 Å². The molecule has 0 saturated heterocycles. The summed E-state index contributed by atoms with van der Waals surface area (Å²) in [5, 5.41) is 12.7. The molecule has 2 aromatic rings. The maximum atomic E-state index is 12.6. The number of carbonyl (C=O) groups is 1. The molecular weight excluding hydrogens is 392 g/mol. The van der Waals surface area contributed by atoms with E-state index in [1.807, 2.05) is 26.8 Å². The first-order valence-electron chi connectivity index (χ1n) is 9.48. The number of rotatable bonds is 8. The second-order valence-electron chi connectivity index (χ2n) is 7.63. The highest BCUT2D eigenvalue weighted by Crippen LogP contribution is 2.34. The molecule has 9 heteroatoms. The third-order valence-corrected chi connectivity index (χ3v) is 6.32. The number of pyridine rings is 1. The Bertz CT molecular complexity index is 976. The summed E-state index contributed by atoms with van der Waals surface area (Å²) in [5.74, 6) is -1.13. The monoisotopic (exact) mass is 418 g/mol.